The highest BCUT2D eigenvalue weighted by Crippen LogP contribution is 2.38. The first-order chi connectivity index (χ1) is 12.8. The summed E-state index contributed by atoms with van der Waals surface area (Å²) in [6.07, 6.45) is -0.734. The lowest BCUT2D eigenvalue weighted by atomic mass is 10.0. The van der Waals surface area contributed by atoms with Crippen molar-refractivity contribution in [2.75, 3.05) is 4.90 Å². The standard InChI is InChI=1S/C19H16N4O3S/c1-11-6-7-12(2)16(8-11)22-17(21-18(24)15(10-20)19(22)27)13-4-3-5-14(9-13)23(25)26/h3-9,17,27H,1-2H3,(H,21,24). The van der Waals surface area contributed by atoms with Crippen molar-refractivity contribution < 1.29 is 9.72 Å². The zero-order chi connectivity index (χ0) is 19.7. The maximum atomic E-state index is 12.4. The highest BCUT2D eigenvalue weighted by atomic mass is 32.1. The second-order valence-electron chi connectivity index (χ2n) is 6.20. The van der Waals surface area contributed by atoms with Crippen molar-refractivity contribution in [3.8, 4) is 6.07 Å². The predicted molar refractivity (Wildman–Crippen MR) is 104 cm³/mol. The molecule has 1 heterocycles. The average molecular weight is 380 g/mol. The number of benzene rings is 2. The van der Waals surface area contributed by atoms with Crippen LogP contribution in [0.25, 0.3) is 0 Å². The monoisotopic (exact) mass is 380 g/mol. The number of nitrogens with zero attached hydrogens (tertiary/aromatic N) is 3. The molecule has 27 heavy (non-hydrogen) atoms. The summed E-state index contributed by atoms with van der Waals surface area (Å²) in [5.41, 5.74) is 2.98. The minimum Gasteiger partial charge on any atom is -0.327 e. The summed E-state index contributed by atoms with van der Waals surface area (Å²) in [5, 5.41) is 23.5. The van der Waals surface area contributed by atoms with Crippen LogP contribution < -0.4 is 10.2 Å². The molecule has 8 heteroatoms. The SMILES string of the molecule is Cc1ccc(C)c(N2C(S)=C(C#N)C(=O)NC2c2cccc([N+](=O)[O-])c2)c1. The van der Waals surface area contributed by atoms with Crippen LogP contribution >= 0.6 is 12.6 Å². The van der Waals surface area contributed by atoms with Gasteiger partial charge in [-0.15, -0.1) is 12.6 Å². The molecule has 0 bridgehead atoms. The molecular weight excluding hydrogens is 364 g/mol. The molecule has 7 nitrogen and oxygen atoms in total. The third kappa shape index (κ3) is 3.37. The lowest BCUT2D eigenvalue weighted by Crippen LogP contribution is -2.46. The summed E-state index contributed by atoms with van der Waals surface area (Å²) in [6.45, 7) is 3.84. The van der Waals surface area contributed by atoms with Gasteiger partial charge in [-0.25, -0.2) is 0 Å². The zero-order valence-electron chi connectivity index (χ0n) is 14.6. The van der Waals surface area contributed by atoms with Gasteiger partial charge in [0, 0.05) is 23.4 Å². The van der Waals surface area contributed by atoms with Gasteiger partial charge < -0.3 is 10.2 Å². The van der Waals surface area contributed by atoms with E-state index in [1.165, 1.54) is 12.1 Å². The number of thiol groups is 1. The number of rotatable bonds is 3. The largest absolute Gasteiger partial charge is 0.327 e. The highest BCUT2D eigenvalue weighted by molar-refractivity contribution is 7.84. The van der Waals surface area contributed by atoms with E-state index in [1.54, 1.807) is 17.0 Å². The molecule has 1 N–H and O–H groups in total. The van der Waals surface area contributed by atoms with Crippen molar-refractivity contribution in [3.05, 3.63) is 79.9 Å². The molecule has 2 aromatic rings. The van der Waals surface area contributed by atoms with Gasteiger partial charge in [0.1, 0.15) is 17.8 Å². The summed E-state index contributed by atoms with van der Waals surface area (Å²) < 4.78 is 0. The number of nitriles is 1. The van der Waals surface area contributed by atoms with Crippen molar-refractivity contribution in [1.29, 1.82) is 5.26 Å². The molecule has 0 aliphatic carbocycles. The Kier molecular flexibility index (Phi) is 4.88. The number of hydrogen-bond acceptors (Lipinski definition) is 6. The normalized spacial score (nSPS) is 16.7. The van der Waals surface area contributed by atoms with Crippen molar-refractivity contribution in [1.82, 2.24) is 5.32 Å². The number of aryl methyl sites for hydroxylation is 2. The predicted octanol–water partition coefficient (Wildman–Crippen LogP) is 3.51. The fourth-order valence-electron chi connectivity index (χ4n) is 2.98. The molecule has 1 aliphatic rings. The molecular formula is C19H16N4O3S. The van der Waals surface area contributed by atoms with Gasteiger partial charge in [-0.2, -0.15) is 5.26 Å². The van der Waals surface area contributed by atoms with Crippen LogP contribution in [0.2, 0.25) is 0 Å². The third-order valence-corrected chi connectivity index (χ3v) is 4.78. The second-order valence-corrected chi connectivity index (χ2v) is 6.62. The number of nitro groups is 1. The van der Waals surface area contributed by atoms with Crippen molar-refractivity contribution in [3.63, 3.8) is 0 Å². The molecule has 3 rings (SSSR count). The number of anilines is 1. The Morgan fingerprint density at radius 2 is 2.00 bits per heavy atom. The van der Waals surface area contributed by atoms with Crippen molar-refractivity contribution in [2.24, 2.45) is 0 Å². The van der Waals surface area contributed by atoms with Gasteiger partial charge in [-0.3, -0.25) is 14.9 Å². The van der Waals surface area contributed by atoms with E-state index in [-0.39, 0.29) is 16.3 Å². The van der Waals surface area contributed by atoms with E-state index in [4.69, 9.17) is 0 Å². The van der Waals surface area contributed by atoms with E-state index in [9.17, 15) is 20.2 Å². The van der Waals surface area contributed by atoms with Crippen LogP contribution in [0.4, 0.5) is 11.4 Å². The Morgan fingerprint density at radius 1 is 1.26 bits per heavy atom. The van der Waals surface area contributed by atoms with Crippen molar-refractivity contribution >= 4 is 29.9 Å². The van der Waals surface area contributed by atoms with Crippen LogP contribution in [0.15, 0.2) is 53.1 Å². The molecule has 1 atom stereocenters. The Hall–Kier alpha value is -3.31. The summed E-state index contributed by atoms with van der Waals surface area (Å²) in [6, 6.07) is 13.7. The van der Waals surface area contributed by atoms with Gasteiger partial charge in [0.05, 0.1) is 9.95 Å². The van der Waals surface area contributed by atoms with E-state index < -0.39 is 17.0 Å². The number of amides is 1. The van der Waals surface area contributed by atoms with Crippen LogP contribution in [0.5, 0.6) is 0 Å². The Balaban J connectivity index is 2.23. The van der Waals surface area contributed by atoms with E-state index in [0.29, 0.717) is 5.56 Å². The van der Waals surface area contributed by atoms with Crippen LogP contribution in [-0.4, -0.2) is 10.8 Å². The minimum absolute atomic E-state index is 0.0848. The first-order valence-corrected chi connectivity index (χ1v) is 8.53. The van der Waals surface area contributed by atoms with Crippen LogP contribution in [0, 0.1) is 35.3 Å². The van der Waals surface area contributed by atoms with Crippen LogP contribution in [-0.2, 0) is 4.79 Å². The van der Waals surface area contributed by atoms with Gasteiger partial charge in [0.15, 0.2) is 0 Å². The summed E-state index contributed by atoms with van der Waals surface area (Å²) >= 11 is 4.45. The van der Waals surface area contributed by atoms with E-state index in [2.05, 4.69) is 17.9 Å². The lowest BCUT2D eigenvalue weighted by molar-refractivity contribution is -0.384. The smallest absolute Gasteiger partial charge is 0.269 e. The van der Waals surface area contributed by atoms with Gasteiger partial charge >= 0.3 is 0 Å². The zero-order valence-corrected chi connectivity index (χ0v) is 15.5. The first-order valence-electron chi connectivity index (χ1n) is 8.08. The minimum atomic E-state index is -0.734. The van der Waals surface area contributed by atoms with Crippen LogP contribution in [0.1, 0.15) is 22.9 Å². The number of carbonyl (C=O) groups is 1. The summed E-state index contributed by atoms with van der Waals surface area (Å²) in [7, 11) is 0. The number of carbonyl (C=O) groups excluding carboxylic acids is 1. The van der Waals surface area contributed by atoms with E-state index >= 15 is 0 Å². The summed E-state index contributed by atoms with van der Waals surface area (Å²) in [4.78, 5) is 24.7. The fraction of sp³-hybridized carbons (Fsp3) is 0.158. The Bertz CT molecular complexity index is 1030. The van der Waals surface area contributed by atoms with Crippen LogP contribution in [0.3, 0.4) is 0 Å². The second kappa shape index (κ2) is 7.13. The van der Waals surface area contributed by atoms with E-state index in [0.717, 1.165) is 16.8 Å². The topological polar surface area (TPSA) is 99.3 Å². The molecule has 1 amide bonds. The average Bonchev–Trinajstić information content (AvgIpc) is 2.64. The summed E-state index contributed by atoms with van der Waals surface area (Å²) in [5.74, 6) is -0.569. The lowest BCUT2D eigenvalue weighted by Gasteiger charge is -2.38. The molecule has 0 saturated heterocycles. The quantitative estimate of drug-likeness (QED) is 0.482. The molecule has 2 aromatic carbocycles. The van der Waals surface area contributed by atoms with Gasteiger partial charge in [0.2, 0.25) is 0 Å². The number of non-ortho nitro benzene ring substituents is 1. The molecule has 1 unspecified atom stereocenters. The number of nitro benzene ring substituents is 1. The molecule has 0 spiro atoms. The van der Waals surface area contributed by atoms with Gasteiger partial charge in [0.25, 0.3) is 11.6 Å². The Morgan fingerprint density at radius 3 is 2.67 bits per heavy atom. The highest BCUT2D eigenvalue weighted by Gasteiger charge is 2.35. The number of nitrogens with one attached hydrogen (secondary N) is 1. The first kappa shape index (κ1) is 18.5. The molecule has 136 valence electrons. The van der Waals surface area contributed by atoms with E-state index in [1.807, 2.05) is 38.1 Å². The maximum absolute atomic E-state index is 12.4. The van der Waals surface area contributed by atoms with Gasteiger partial charge in [-0.05, 0) is 31.0 Å². The van der Waals surface area contributed by atoms with Crippen molar-refractivity contribution in [2.45, 2.75) is 20.0 Å². The number of hydrogen-bond donors (Lipinski definition) is 2. The third-order valence-electron chi connectivity index (χ3n) is 4.34. The molecule has 0 saturated carbocycles. The molecule has 0 aromatic heterocycles. The fourth-order valence-corrected chi connectivity index (χ4v) is 3.35. The maximum Gasteiger partial charge on any atom is 0.269 e. The molecule has 0 fully saturated rings. The van der Waals surface area contributed by atoms with Gasteiger partial charge in [-0.1, -0.05) is 24.3 Å². The molecule has 0 radical (unpaired) electrons. The molecule has 1 aliphatic heterocycles. The Labute approximate surface area is 161 Å².